The molecule has 23 heavy (non-hydrogen) atoms. The van der Waals surface area contributed by atoms with Crippen molar-refractivity contribution in [3.63, 3.8) is 0 Å². The lowest BCUT2D eigenvalue weighted by Gasteiger charge is -2.09. The van der Waals surface area contributed by atoms with Crippen LogP contribution in [0.3, 0.4) is 0 Å². The Labute approximate surface area is 130 Å². The largest absolute Gasteiger partial charge is 0.497 e. The average Bonchev–Trinajstić information content (AvgIpc) is 2.55. The molecule has 9 heteroatoms. The van der Waals surface area contributed by atoms with Crippen LogP contribution < -0.4 is 10.1 Å². The van der Waals surface area contributed by atoms with E-state index in [0.29, 0.717) is 11.4 Å². The van der Waals surface area contributed by atoms with Crippen LogP contribution in [0.4, 0.5) is 22.7 Å². The maximum absolute atomic E-state index is 11.2. The van der Waals surface area contributed by atoms with Crippen molar-refractivity contribution in [3.05, 3.63) is 62.2 Å². The number of methoxy groups -OCH3 is 1. The number of anilines is 2. The minimum Gasteiger partial charge on any atom is -0.497 e. The molecule has 0 bridgehead atoms. The number of nitriles is 1. The van der Waals surface area contributed by atoms with Crippen LogP contribution in [0.5, 0.6) is 5.75 Å². The maximum Gasteiger partial charge on any atom is 0.301 e. The summed E-state index contributed by atoms with van der Waals surface area (Å²) in [5, 5.41) is 33.9. The predicted molar refractivity (Wildman–Crippen MR) is 80.7 cm³/mol. The highest BCUT2D eigenvalue weighted by Crippen LogP contribution is 2.37. The predicted octanol–water partition coefficient (Wildman–Crippen LogP) is 3.13. The van der Waals surface area contributed by atoms with Gasteiger partial charge in [0.1, 0.15) is 5.75 Å². The number of rotatable bonds is 5. The molecule has 0 amide bonds. The van der Waals surface area contributed by atoms with Gasteiger partial charge in [-0.3, -0.25) is 20.2 Å². The van der Waals surface area contributed by atoms with Crippen molar-refractivity contribution >= 4 is 22.7 Å². The summed E-state index contributed by atoms with van der Waals surface area (Å²) in [5.74, 6) is 0.569. The molecule has 0 spiro atoms. The summed E-state index contributed by atoms with van der Waals surface area (Å²) in [6, 6.07) is 9.96. The molecular formula is C14H10N4O5. The van der Waals surface area contributed by atoms with Crippen LogP contribution in [0.1, 0.15) is 5.56 Å². The molecule has 1 N–H and O–H groups in total. The Bertz CT molecular complexity index is 776. The molecule has 0 aliphatic carbocycles. The minimum absolute atomic E-state index is 0.163. The first-order chi connectivity index (χ1) is 11.0. The average molecular weight is 314 g/mol. The summed E-state index contributed by atoms with van der Waals surface area (Å²) in [5.41, 5.74) is -1.15. The number of benzene rings is 2. The van der Waals surface area contributed by atoms with Gasteiger partial charge in [-0.1, -0.05) is 0 Å². The van der Waals surface area contributed by atoms with E-state index in [0.717, 1.165) is 12.1 Å². The Morgan fingerprint density at radius 1 is 1.09 bits per heavy atom. The Morgan fingerprint density at radius 3 is 2.00 bits per heavy atom. The minimum atomic E-state index is -0.778. The van der Waals surface area contributed by atoms with E-state index in [1.54, 1.807) is 30.3 Å². The van der Waals surface area contributed by atoms with Gasteiger partial charge in [0.25, 0.3) is 0 Å². The van der Waals surface area contributed by atoms with Gasteiger partial charge in [0.15, 0.2) is 5.69 Å². The highest BCUT2D eigenvalue weighted by Gasteiger charge is 2.27. The second-order valence-corrected chi connectivity index (χ2v) is 4.37. The molecule has 0 aliphatic heterocycles. The topological polar surface area (TPSA) is 131 Å². The summed E-state index contributed by atoms with van der Waals surface area (Å²) in [7, 11) is 1.48. The molecule has 2 aromatic carbocycles. The Balaban J connectivity index is 2.56. The molecule has 9 nitrogen and oxygen atoms in total. The number of nitrogens with zero attached hydrogens (tertiary/aromatic N) is 3. The first kappa shape index (κ1) is 15.7. The fraction of sp³-hybridized carbons (Fsp3) is 0.0714. The summed E-state index contributed by atoms with van der Waals surface area (Å²) < 4.78 is 4.99. The van der Waals surface area contributed by atoms with E-state index in [-0.39, 0.29) is 11.3 Å². The van der Waals surface area contributed by atoms with Crippen LogP contribution in [0.15, 0.2) is 36.4 Å². The van der Waals surface area contributed by atoms with E-state index in [4.69, 9.17) is 10.00 Å². The zero-order valence-electron chi connectivity index (χ0n) is 11.8. The van der Waals surface area contributed by atoms with E-state index in [1.165, 1.54) is 7.11 Å². The normalized spacial score (nSPS) is 9.74. The van der Waals surface area contributed by atoms with E-state index < -0.39 is 21.2 Å². The van der Waals surface area contributed by atoms with Crippen molar-refractivity contribution in [2.24, 2.45) is 0 Å². The first-order valence-corrected chi connectivity index (χ1v) is 6.24. The van der Waals surface area contributed by atoms with Crippen molar-refractivity contribution in [1.82, 2.24) is 0 Å². The molecular weight excluding hydrogens is 304 g/mol. The van der Waals surface area contributed by atoms with E-state index in [9.17, 15) is 20.2 Å². The summed E-state index contributed by atoms with van der Waals surface area (Å²) in [4.78, 5) is 20.8. The highest BCUT2D eigenvalue weighted by molar-refractivity contribution is 5.80. The molecule has 0 atom stereocenters. The van der Waals surface area contributed by atoms with E-state index in [1.807, 2.05) is 0 Å². The third kappa shape index (κ3) is 3.33. The van der Waals surface area contributed by atoms with Crippen LogP contribution >= 0.6 is 0 Å². The molecule has 0 saturated carbocycles. The number of hydrogen-bond acceptors (Lipinski definition) is 7. The van der Waals surface area contributed by atoms with Crippen molar-refractivity contribution in [2.75, 3.05) is 12.4 Å². The van der Waals surface area contributed by atoms with Gasteiger partial charge in [-0.15, -0.1) is 0 Å². The second-order valence-electron chi connectivity index (χ2n) is 4.37. The fourth-order valence-corrected chi connectivity index (χ4v) is 1.91. The standard InChI is InChI=1S/C14H10N4O5/c1-23-11-4-2-10(3-5-11)16-14-12(17(19)20)6-9(8-15)7-13(14)18(21)22/h2-7,16H,1H3. The van der Waals surface area contributed by atoms with Crippen LogP contribution in [0.25, 0.3) is 0 Å². The van der Waals surface area contributed by atoms with Gasteiger partial charge in [-0.25, -0.2) is 0 Å². The lowest BCUT2D eigenvalue weighted by atomic mass is 10.1. The SMILES string of the molecule is COc1ccc(Nc2c([N+](=O)[O-])cc(C#N)cc2[N+](=O)[O-])cc1. The van der Waals surface area contributed by atoms with Crippen LogP contribution in [0, 0.1) is 31.6 Å². The van der Waals surface area contributed by atoms with Crippen molar-refractivity contribution < 1.29 is 14.6 Å². The van der Waals surface area contributed by atoms with Gasteiger partial charge in [0.2, 0.25) is 0 Å². The van der Waals surface area contributed by atoms with Crippen LogP contribution in [-0.2, 0) is 0 Å². The van der Waals surface area contributed by atoms with Crippen LogP contribution in [-0.4, -0.2) is 17.0 Å². The third-order valence-corrected chi connectivity index (χ3v) is 2.98. The number of nitrogens with one attached hydrogen (secondary N) is 1. The Morgan fingerprint density at radius 2 is 1.61 bits per heavy atom. The smallest absolute Gasteiger partial charge is 0.301 e. The van der Waals surface area contributed by atoms with Crippen molar-refractivity contribution in [3.8, 4) is 11.8 Å². The Hall–Kier alpha value is -3.67. The van der Waals surface area contributed by atoms with Crippen molar-refractivity contribution in [1.29, 1.82) is 5.26 Å². The Kier molecular flexibility index (Phi) is 4.37. The van der Waals surface area contributed by atoms with Crippen molar-refractivity contribution in [2.45, 2.75) is 0 Å². The number of nitro benzene ring substituents is 2. The summed E-state index contributed by atoms with van der Waals surface area (Å²) >= 11 is 0. The lowest BCUT2D eigenvalue weighted by molar-refractivity contribution is -0.392. The molecule has 0 unspecified atom stereocenters. The molecule has 2 rings (SSSR count). The number of hydrogen-bond donors (Lipinski definition) is 1. The molecule has 116 valence electrons. The molecule has 0 aliphatic rings. The van der Waals surface area contributed by atoms with Gasteiger partial charge >= 0.3 is 11.4 Å². The first-order valence-electron chi connectivity index (χ1n) is 6.24. The fourth-order valence-electron chi connectivity index (χ4n) is 1.91. The number of nitro groups is 2. The molecule has 0 heterocycles. The zero-order valence-corrected chi connectivity index (χ0v) is 11.8. The molecule has 0 fully saturated rings. The van der Waals surface area contributed by atoms with E-state index in [2.05, 4.69) is 5.32 Å². The maximum atomic E-state index is 11.2. The molecule has 2 aromatic rings. The second kappa shape index (κ2) is 6.40. The monoisotopic (exact) mass is 314 g/mol. The van der Waals surface area contributed by atoms with E-state index >= 15 is 0 Å². The molecule has 0 saturated heterocycles. The third-order valence-electron chi connectivity index (χ3n) is 2.98. The van der Waals surface area contributed by atoms with Gasteiger partial charge in [0, 0.05) is 17.8 Å². The molecule has 0 aromatic heterocycles. The van der Waals surface area contributed by atoms with Gasteiger partial charge in [0.05, 0.1) is 28.6 Å². The van der Waals surface area contributed by atoms with Gasteiger partial charge in [-0.2, -0.15) is 5.26 Å². The summed E-state index contributed by atoms with van der Waals surface area (Å²) in [6.07, 6.45) is 0. The highest BCUT2D eigenvalue weighted by atomic mass is 16.6. The van der Waals surface area contributed by atoms with Gasteiger partial charge in [-0.05, 0) is 24.3 Å². The zero-order chi connectivity index (χ0) is 17.0. The summed E-state index contributed by atoms with van der Waals surface area (Å²) in [6.45, 7) is 0. The van der Waals surface area contributed by atoms with Gasteiger partial charge < -0.3 is 10.1 Å². The lowest BCUT2D eigenvalue weighted by Crippen LogP contribution is -2.02. The molecule has 0 radical (unpaired) electrons. The number of ether oxygens (including phenoxy) is 1. The quantitative estimate of drug-likeness (QED) is 0.662. The van der Waals surface area contributed by atoms with Crippen LogP contribution in [0.2, 0.25) is 0 Å².